The molecule has 4 N–H and O–H groups in total. The van der Waals surface area contributed by atoms with Gasteiger partial charge in [-0.25, -0.2) is 9.78 Å². The van der Waals surface area contributed by atoms with Gasteiger partial charge in [-0.3, -0.25) is 5.10 Å². The minimum absolute atomic E-state index is 0.276. The van der Waals surface area contributed by atoms with E-state index in [2.05, 4.69) is 25.8 Å². The average Bonchev–Trinajstić information content (AvgIpc) is 2.90. The highest BCUT2D eigenvalue weighted by Gasteiger charge is 2.34. The zero-order valence-corrected chi connectivity index (χ0v) is 12.4. The number of aliphatic hydroxyl groups is 1. The molecule has 1 aromatic heterocycles. The zero-order valence-electron chi connectivity index (χ0n) is 12.4. The second-order valence-corrected chi connectivity index (χ2v) is 5.71. The van der Waals surface area contributed by atoms with E-state index >= 15 is 0 Å². The van der Waals surface area contributed by atoms with Gasteiger partial charge in [0.05, 0.1) is 5.60 Å². The third kappa shape index (κ3) is 3.25. The molecule has 0 saturated heterocycles. The molecule has 7 heteroatoms. The largest absolute Gasteiger partial charge is 0.388 e. The van der Waals surface area contributed by atoms with Crippen molar-refractivity contribution in [1.29, 1.82) is 0 Å². The van der Waals surface area contributed by atoms with Gasteiger partial charge in [0, 0.05) is 17.8 Å². The molecule has 0 aliphatic heterocycles. The van der Waals surface area contributed by atoms with E-state index < -0.39 is 5.60 Å². The van der Waals surface area contributed by atoms with Crippen LogP contribution in [0.4, 0.5) is 10.5 Å². The van der Waals surface area contributed by atoms with Crippen LogP contribution in [0.1, 0.15) is 25.1 Å². The van der Waals surface area contributed by atoms with Gasteiger partial charge in [0.1, 0.15) is 5.82 Å². The minimum Gasteiger partial charge on any atom is -0.388 e. The number of hydrogen-bond acceptors (Lipinski definition) is 4. The van der Waals surface area contributed by atoms with Crippen molar-refractivity contribution in [3.63, 3.8) is 0 Å². The maximum absolute atomic E-state index is 11.9. The Morgan fingerprint density at radius 2 is 2.27 bits per heavy atom. The van der Waals surface area contributed by atoms with Crippen LogP contribution in [0, 0.1) is 6.92 Å². The van der Waals surface area contributed by atoms with Crippen LogP contribution in [-0.2, 0) is 0 Å². The summed E-state index contributed by atoms with van der Waals surface area (Å²) in [4.78, 5) is 16.1. The third-order valence-corrected chi connectivity index (χ3v) is 3.84. The van der Waals surface area contributed by atoms with Crippen LogP contribution < -0.4 is 10.6 Å². The zero-order chi connectivity index (χ0) is 15.6. The second-order valence-electron chi connectivity index (χ2n) is 5.71. The Hall–Kier alpha value is -2.41. The van der Waals surface area contributed by atoms with E-state index in [9.17, 15) is 9.90 Å². The molecule has 0 unspecified atom stereocenters. The highest BCUT2D eigenvalue weighted by atomic mass is 16.3. The van der Waals surface area contributed by atoms with E-state index in [1.54, 1.807) is 12.1 Å². The molecule has 2 amide bonds. The molecule has 0 radical (unpaired) electrons. The summed E-state index contributed by atoms with van der Waals surface area (Å²) >= 11 is 0. The van der Waals surface area contributed by atoms with Crippen LogP contribution in [0.15, 0.2) is 24.3 Å². The Kier molecular flexibility index (Phi) is 3.81. The molecule has 1 saturated carbocycles. The molecule has 3 rings (SSSR count). The second kappa shape index (κ2) is 5.76. The van der Waals surface area contributed by atoms with E-state index in [-0.39, 0.29) is 12.6 Å². The highest BCUT2D eigenvalue weighted by Crippen LogP contribution is 2.30. The van der Waals surface area contributed by atoms with Gasteiger partial charge < -0.3 is 15.7 Å². The van der Waals surface area contributed by atoms with E-state index in [0.717, 1.165) is 30.7 Å². The van der Waals surface area contributed by atoms with Gasteiger partial charge in [0.25, 0.3) is 0 Å². The predicted octanol–water partition coefficient (Wildman–Crippen LogP) is 1.82. The van der Waals surface area contributed by atoms with E-state index in [4.69, 9.17) is 0 Å². The SMILES string of the molecule is Cc1nc(-c2cccc(NC(=O)NCC3(O)CCC3)c2)n[nH]1. The number of nitrogens with one attached hydrogen (secondary N) is 3. The number of benzene rings is 1. The van der Waals surface area contributed by atoms with Gasteiger partial charge in [-0.15, -0.1) is 0 Å². The van der Waals surface area contributed by atoms with Crippen molar-refractivity contribution in [2.24, 2.45) is 0 Å². The lowest BCUT2D eigenvalue weighted by atomic mass is 9.80. The van der Waals surface area contributed by atoms with Crippen molar-refractivity contribution in [1.82, 2.24) is 20.5 Å². The molecule has 1 aromatic carbocycles. The first-order valence-electron chi connectivity index (χ1n) is 7.31. The Bertz CT molecular complexity index is 678. The van der Waals surface area contributed by atoms with Crippen molar-refractivity contribution in [3.8, 4) is 11.4 Å². The first-order valence-corrected chi connectivity index (χ1v) is 7.31. The van der Waals surface area contributed by atoms with Gasteiger partial charge in [0.15, 0.2) is 5.82 Å². The molecule has 116 valence electrons. The Morgan fingerprint density at radius 1 is 1.45 bits per heavy atom. The lowest BCUT2D eigenvalue weighted by Crippen LogP contribution is -2.48. The normalized spacial score (nSPS) is 15.9. The molecule has 1 heterocycles. The lowest BCUT2D eigenvalue weighted by Gasteiger charge is -2.36. The van der Waals surface area contributed by atoms with Crippen LogP contribution in [0.25, 0.3) is 11.4 Å². The molecule has 2 aromatic rings. The number of carbonyl (C=O) groups excluding carboxylic acids is 1. The molecule has 0 spiro atoms. The summed E-state index contributed by atoms with van der Waals surface area (Å²) in [5.41, 5.74) is 0.744. The number of aryl methyl sites for hydroxylation is 1. The summed E-state index contributed by atoms with van der Waals surface area (Å²) in [6.07, 6.45) is 2.50. The number of anilines is 1. The van der Waals surface area contributed by atoms with Crippen molar-refractivity contribution < 1.29 is 9.90 Å². The summed E-state index contributed by atoms with van der Waals surface area (Å²) in [5, 5.41) is 22.3. The summed E-state index contributed by atoms with van der Waals surface area (Å²) in [6.45, 7) is 2.11. The lowest BCUT2D eigenvalue weighted by molar-refractivity contribution is -0.0287. The van der Waals surface area contributed by atoms with Gasteiger partial charge in [-0.05, 0) is 38.3 Å². The quantitative estimate of drug-likeness (QED) is 0.691. The molecule has 7 nitrogen and oxygen atoms in total. The number of urea groups is 1. The topological polar surface area (TPSA) is 103 Å². The molecule has 22 heavy (non-hydrogen) atoms. The standard InChI is InChI=1S/C15H19N5O2/c1-10-17-13(20-19-10)11-4-2-5-12(8-11)18-14(21)16-9-15(22)6-3-7-15/h2,4-5,8,22H,3,6-7,9H2,1H3,(H2,16,18,21)(H,17,19,20). The fourth-order valence-electron chi connectivity index (χ4n) is 2.39. The molecule has 0 atom stereocenters. The maximum atomic E-state index is 11.9. The van der Waals surface area contributed by atoms with E-state index in [0.29, 0.717) is 11.5 Å². The Balaban J connectivity index is 1.61. The van der Waals surface area contributed by atoms with Crippen molar-refractivity contribution >= 4 is 11.7 Å². The summed E-state index contributed by atoms with van der Waals surface area (Å²) < 4.78 is 0. The van der Waals surface area contributed by atoms with E-state index in [1.165, 1.54) is 0 Å². The number of amides is 2. The Labute approximate surface area is 128 Å². The van der Waals surface area contributed by atoms with Gasteiger partial charge >= 0.3 is 6.03 Å². The van der Waals surface area contributed by atoms with Crippen molar-refractivity contribution in [2.45, 2.75) is 31.8 Å². The summed E-state index contributed by atoms with van der Waals surface area (Å²) in [6, 6.07) is 6.98. The van der Waals surface area contributed by atoms with Gasteiger partial charge in [0.2, 0.25) is 0 Å². The predicted molar refractivity (Wildman–Crippen MR) is 82.4 cm³/mol. The fraction of sp³-hybridized carbons (Fsp3) is 0.400. The Morgan fingerprint density at radius 3 is 2.91 bits per heavy atom. The first-order chi connectivity index (χ1) is 10.5. The van der Waals surface area contributed by atoms with Crippen LogP contribution in [0.5, 0.6) is 0 Å². The summed E-state index contributed by atoms with van der Waals surface area (Å²) in [7, 11) is 0. The van der Waals surface area contributed by atoms with Crippen LogP contribution >= 0.6 is 0 Å². The van der Waals surface area contributed by atoms with Gasteiger partial charge in [-0.2, -0.15) is 5.10 Å². The number of nitrogens with zero attached hydrogens (tertiary/aromatic N) is 2. The van der Waals surface area contributed by atoms with Crippen molar-refractivity contribution in [3.05, 3.63) is 30.1 Å². The fourth-order valence-corrected chi connectivity index (χ4v) is 2.39. The number of aromatic nitrogens is 3. The van der Waals surface area contributed by atoms with Crippen LogP contribution in [0.2, 0.25) is 0 Å². The summed E-state index contributed by atoms with van der Waals surface area (Å²) in [5.74, 6) is 1.32. The monoisotopic (exact) mass is 301 g/mol. The van der Waals surface area contributed by atoms with Crippen LogP contribution in [0.3, 0.4) is 0 Å². The molecule has 1 aliphatic carbocycles. The van der Waals surface area contributed by atoms with Crippen molar-refractivity contribution in [2.75, 3.05) is 11.9 Å². The molecule has 1 aliphatic rings. The molecular weight excluding hydrogens is 282 g/mol. The number of rotatable bonds is 4. The number of H-pyrrole nitrogens is 1. The van der Waals surface area contributed by atoms with Gasteiger partial charge in [-0.1, -0.05) is 12.1 Å². The number of carbonyl (C=O) groups is 1. The molecular formula is C15H19N5O2. The average molecular weight is 301 g/mol. The van der Waals surface area contributed by atoms with Crippen LogP contribution in [-0.4, -0.2) is 38.5 Å². The van der Waals surface area contributed by atoms with E-state index in [1.807, 2.05) is 19.1 Å². The molecule has 1 fully saturated rings. The minimum atomic E-state index is -0.727. The number of hydrogen-bond donors (Lipinski definition) is 4. The smallest absolute Gasteiger partial charge is 0.319 e. The maximum Gasteiger partial charge on any atom is 0.319 e. The number of aromatic amines is 1. The highest BCUT2D eigenvalue weighted by molar-refractivity contribution is 5.90. The molecule has 0 bridgehead atoms. The third-order valence-electron chi connectivity index (χ3n) is 3.84. The first kappa shape index (κ1) is 14.5.